The summed E-state index contributed by atoms with van der Waals surface area (Å²) >= 11 is 0. The highest BCUT2D eigenvalue weighted by Crippen LogP contribution is 2.23. The molecule has 0 fully saturated rings. The number of carboxylic acids is 1. The molecule has 5 heteroatoms. The molecule has 0 saturated carbocycles. The highest BCUT2D eigenvalue weighted by atomic mass is 19.4. The van der Waals surface area contributed by atoms with Crippen LogP contribution in [-0.2, 0) is 4.79 Å². The molecule has 17 heavy (non-hydrogen) atoms. The predicted molar refractivity (Wildman–Crippen MR) is 59.8 cm³/mol. The van der Waals surface area contributed by atoms with Gasteiger partial charge in [0.05, 0.1) is 0 Å². The monoisotopic (exact) mass is 252 g/mol. The lowest BCUT2D eigenvalue weighted by molar-refractivity contribution is -0.135. The topological polar surface area (TPSA) is 37.3 Å². The van der Waals surface area contributed by atoms with E-state index in [0.29, 0.717) is 12.8 Å². The third-order valence-corrected chi connectivity index (χ3v) is 2.49. The summed E-state index contributed by atoms with van der Waals surface area (Å²) < 4.78 is 35.4. The number of carboxylic acid groups (broad SMARTS) is 1. The maximum atomic E-state index is 11.8. The molecule has 0 aromatic rings. The van der Waals surface area contributed by atoms with Gasteiger partial charge >= 0.3 is 12.1 Å². The van der Waals surface area contributed by atoms with Crippen molar-refractivity contribution in [3.8, 4) is 0 Å². The molecule has 0 unspecified atom stereocenters. The first-order valence-electron chi connectivity index (χ1n) is 5.81. The zero-order valence-corrected chi connectivity index (χ0v) is 9.85. The molecule has 0 saturated heterocycles. The second kappa shape index (κ2) is 8.14. The normalized spacial score (nSPS) is 11.5. The fourth-order valence-electron chi connectivity index (χ4n) is 1.48. The van der Waals surface area contributed by atoms with Crippen LogP contribution in [-0.4, -0.2) is 17.3 Å². The molecule has 0 aliphatic heterocycles. The number of alkyl halides is 3. The Morgan fingerprint density at radius 3 is 1.94 bits per heavy atom. The molecule has 0 amide bonds. The number of carbonyl (C=O) groups is 1. The van der Waals surface area contributed by atoms with Crippen LogP contribution < -0.4 is 0 Å². The van der Waals surface area contributed by atoms with Crippen LogP contribution in [0.1, 0.15) is 51.4 Å². The van der Waals surface area contributed by atoms with Crippen LogP contribution >= 0.6 is 0 Å². The van der Waals surface area contributed by atoms with Gasteiger partial charge in [-0.1, -0.05) is 32.3 Å². The summed E-state index contributed by atoms with van der Waals surface area (Å²) in [5.41, 5.74) is 0.196. The minimum Gasteiger partial charge on any atom is -0.478 e. The van der Waals surface area contributed by atoms with Crippen LogP contribution in [0.25, 0.3) is 0 Å². The molecule has 0 radical (unpaired) electrons. The summed E-state index contributed by atoms with van der Waals surface area (Å²) in [5, 5.41) is 8.52. The van der Waals surface area contributed by atoms with Crippen LogP contribution in [0.15, 0.2) is 12.2 Å². The summed E-state index contributed by atoms with van der Waals surface area (Å²) in [4.78, 5) is 10.4. The van der Waals surface area contributed by atoms with Gasteiger partial charge in [0.25, 0.3) is 0 Å². The number of aliphatic carboxylic acids is 1. The van der Waals surface area contributed by atoms with Crippen LogP contribution in [0, 0.1) is 0 Å². The van der Waals surface area contributed by atoms with Gasteiger partial charge in [-0.3, -0.25) is 0 Å². The van der Waals surface area contributed by atoms with Gasteiger partial charge in [0, 0.05) is 12.0 Å². The fourth-order valence-corrected chi connectivity index (χ4v) is 1.48. The van der Waals surface area contributed by atoms with Crippen molar-refractivity contribution in [2.24, 2.45) is 0 Å². The zero-order chi connectivity index (χ0) is 13.3. The van der Waals surface area contributed by atoms with Crippen molar-refractivity contribution in [2.75, 3.05) is 0 Å². The van der Waals surface area contributed by atoms with Crippen LogP contribution in [0.5, 0.6) is 0 Å². The molecule has 0 aromatic heterocycles. The highest BCUT2D eigenvalue weighted by molar-refractivity contribution is 5.85. The van der Waals surface area contributed by atoms with E-state index < -0.39 is 18.6 Å². The van der Waals surface area contributed by atoms with E-state index in [1.807, 2.05) is 0 Å². The maximum absolute atomic E-state index is 11.8. The zero-order valence-electron chi connectivity index (χ0n) is 9.85. The molecule has 100 valence electrons. The summed E-state index contributed by atoms with van der Waals surface area (Å²) in [6.45, 7) is 3.40. The van der Waals surface area contributed by atoms with Crippen molar-refractivity contribution in [2.45, 2.75) is 57.5 Å². The Hall–Kier alpha value is -1.00. The van der Waals surface area contributed by atoms with Crippen molar-refractivity contribution in [3.05, 3.63) is 12.2 Å². The van der Waals surface area contributed by atoms with Crippen molar-refractivity contribution >= 4 is 5.97 Å². The van der Waals surface area contributed by atoms with Gasteiger partial charge in [-0.15, -0.1) is 0 Å². The summed E-state index contributed by atoms with van der Waals surface area (Å²) in [7, 11) is 0. The maximum Gasteiger partial charge on any atom is 0.389 e. The molecule has 0 aliphatic rings. The van der Waals surface area contributed by atoms with E-state index in [1.54, 1.807) is 0 Å². The summed E-state index contributed by atoms with van der Waals surface area (Å²) in [6.07, 6.45) is -0.312. The van der Waals surface area contributed by atoms with Crippen molar-refractivity contribution < 1.29 is 23.1 Å². The van der Waals surface area contributed by atoms with Gasteiger partial charge in [-0.2, -0.15) is 13.2 Å². The second-order valence-electron chi connectivity index (χ2n) is 4.15. The first-order chi connectivity index (χ1) is 7.83. The molecule has 0 aliphatic carbocycles. The summed E-state index contributed by atoms with van der Waals surface area (Å²) in [6, 6.07) is 0. The molecule has 1 N–H and O–H groups in total. The van der Waals surface area contributed by atoms with Crippen molar-refractivity contribution in [1.82, 2.24) is 0 Å². The Labute approximate surface area is 99.5 Å². The molecule has 0 rings (SSSR count). The van der Waals surface area contributed by atoms with Gasteiger partial charge in [0.15, 0.2) is 0 Å². The van der Waals surface area contributed by atoms with Crippen LogP contribution in [0.4, 0.5) is 13.2 Å². The van der Waals surface area contributed by atoms with E-state index in [9.17, 15) is 18.0 Å². The van der Waals surface area contributed by atoms with E-state index in [2.05, 4.69) is 6.58 Å². The minimum absolute atomic E-state index is 0.186. The second-order valence-corrected chi connectivity index (χ2v) is 4.15. The number of rotatable bonds is 9. The lowest BCUT2D eigenvalue weighted by Gasteiger charge is -2.05. The molecule has 0 aromatic carbocycles. The molecular weight excluding hydrogens is 233 g/mol. The van der Waals surface area contributed by atoms with E-state index >= 15 is 0 Å². The fraction of sp³-hybridized carbons (Fsp3) is 0.750. The first kappa shape index (κ1) is 16.0. The number of unbranched alkanes of at least 4 members (excludes halogenated alkanes) is 5. The molecule has 0 spiro atoms. The van der Waals surface area contributed by atoms with Crippen LogP contribution in [0.3, 0.4) is 0 Å². The van der Waals surface area contributed by atoms with Gasteiger partial charge in [-0.25, -0.2) is 4.79 Å². The van der Waals surface area contributed by atoms with Gasteiger partial charge in [-0.05, 0) is 19.3 Å². The van der Waals surface area contributed by atoms with E-state index in [0.717, 1.165) is 25.7 Å². The standard InChI is InChI=1S/C12H19F3O2/c1-10(11(16)17)8-6-4-2-3-5-7-9-12(13,14)15/h1-9H2,(H,16,17). The van der Waals surface area contributed by atoms with Gasteiger partial charge < -0.3 is 5.11 Å². The first-order valence-corrected chi connectivity index (χ1v) is 5.81. The average Bonchev–Trinajstić information content (AvgIpc) is 2.19. The molecule has 2 nitrogen and oxygen atoms in total. The van der Waals surface area contributed by atoms with E-state index in [1.165, 1.54) is 0 Å². The number of hydrogen-bond acceptors (Lipinski definition) is 1. The van der Waals surface area contributed by atoms with E-state index in [4.69, 9.17) is 5.11 Å². The Morgan fingerprint density at radius 2 is 1.47 bits per heavy atom. The number of halogens is 3. The van der Waals surface area contributed by atoms with Gasteiger partial charge in [0.1, 0.15) is 0 Å². The molecule has 0 heterocycles. The lowest BCUT2D eigenvalue weighted by atomic mass is 10.1. The smallest absolute Gasteiger partial charge is 0.389 e. The molecule has 0 atom stereocenters. The summed E-state index contributed by atoms with van der Waals surface area (Å²) in [5.74, 6) is -0.977. The predicted octanol–water partition coefficient (Wildman–Crippen LogP) is 4.31. The highest BCUT2D eigenvalue weighted by Gasteiger charge is 2.25. The Balaban J connectivity index is 3.25. The van der Waals surface area contributed by atoms with Crippen LogP contribution in [0.2, 0.25) is 0 Å². The Morgan fingerprint density at radius 1 is 1.00 bits per heavy atom. The van der Waals surface area contributed by atoms with E-state index in [-0.39, 0.29) is 12.0 Å². The Bertz CT molecular complexity index is 247. The largest absolute Gasteiger partial charge is 0.478 e. The molecule has 0 bridgehead atoms. The third kappa shape index (κ3) is 11.3. The van der Waals surface area contributed by atoms with Crippen molar-refractivity contribution in [1.29, 1.82) is 0 Å². The van der Waals surface area contributed by atoms with Gasteiger partial charge in [0.2, 0.25) is 0 Å². The quantitative estimate of drug-likeness (QED) is 0.490. The average molecular weight is 252 g/mol. The molecular formula is C12H19F3O2. The van der Waals surface area contributed by atoms with Crippen molar-refractivity contribution in [3.63, 3.8) is 0 Å². The minimum atomic E-state index is -4.04. The lowest BCUT2D eigenvalue weighted by Crippen LogP contribution is -2.06. The Kier molecular flexibility index (Phi) is 7.66. The SMILES string of the molecule is C=C(CCCCCCCCC(F)(F)F)C(=O)O. The number of hydrogen-bond donors (Lipinski definition) is 1. The third-order valence-electron chi connectivity index (χ3n) is 2.49.